The van der Waals surface area contributed by atoms with Gasteiger partial charge in [-0.05, 0) is 25.7 Å². The minimum atomic E-state index is -0.733. The topological polar surface area (TPSA) is 79.3 Å². The van der Waals surface area contributed by atoms with Crippen LogP contribution in [-0.4, -0.2) is 28.5 Å². The summed E-state index contributed by atoms with van der Waals surface area (Å²) in [5.74, 6) is -0.532. The lowest BCUT2D eigenvalue weighted by molar-refractivity contribution is -0.144. The van der Waals surface area contributed by atoms with Crippen LogP contribution < -0.4 is 5.32 Å². The molecule has 0 bridgehead atoms. The van der Waals surface area contributed by atoms with Gasteiger partial charge in [0.1, 0.15) is 0 Å². The summed E-state index contributed by atoms with van der Waals surface area (Å²) < 4.78 is 0. The summed E-state index contributed by atoms with van der Waals surface area (Å²) in [5, 5.41) is 15.1. The van der Waals surface area contributed by atoms with Crippen LogP contribution in [0.3, 0.4) is 0 Å². The molecule has 1 aromatic heterocycles. The molecule has 1 aliphatic rings. The molecule has 122 valence electrons. The maximum absolute atomic E-state index is 12.1. The van der Waals surface area contributed by atoms with Gasteiger partial charge in [0.25, 0.3) is 0 Å². The van der Waals surface area contributed by atoms with E-state index in [-0.39, 0.29) is 17.7 Å². The molecule has 1 saturated carbocycles. The standard InChI is InChI=1S/C16H24N2O3S/c1-10(2)15-18-13(9-22-15)7-8-17-14(19)11-3-5-12(6-4-11)16(20)21/h9-12H,3-8H2,1-2H3,(H,17,19)(H,20,21). The molecule has 1 amide bonds. The second-order valence-electron chi connectivity index (χ2n) is 6.26. The molecule has 2 rings (SSSR count). The molecule has 0 radical (unpaired) electrons. The molecule has 22 heavy (non-hydrogen) atoms. The zero-order chi connectivity index (χ0) is 16.1. The van der Waals surface area contributed by atoms with Gasteiger partial charge in [-0.1, -0.05) is 13.8 Å². The number of carboxylic acid groups (broad SMARTS) is 1. The van der Waals surface area contributed by atoms with Crippen LogP contribution in [0, 0.1) is 11.8 Å². The van der Waals surface area contributed by atoms with Gasteiger partial charge in [-0.25, -0.2) is 4.98 Å². The van der Waals surface area contributed by atoms with E-state index in [1.807, 2.05) is 0 Å². The second-order valence-corrected chi connectivity index (χ2v) is 7.15. The molecular formula is C16H24N2O3S. The van der Waals surface area contributed by atoms with Gasteiger partial charge in [-0.2, -0.15) is 0 Å². The van der Waals surface area contributed by atoms with E-state index in [1.165, 1.54) is 0 Å². The smallest absolute Gasteiger partial charge is 0.306 e. The van der Waals surface area contributed by atoms with Gasteiger partial charge in [0.15, 0.2) is 0 Å². The van der Waals surface area contributed by atoms with E-state index >= 15 is 0 Å². The summed E-state index contributed by atoms with van der Waals surface area (Å²) in [6, 6.07) is 0. The molecule has 1 aliphatic carbocycles. The van der Waals surface area contributed by atoms with Crippen molar-refractivity contribution in [3.8, 4) is 0 Å². The molecule has 1 heterocycles. The Morgan fingerprint density at radius 1 is 1.32 bits per heavy atom. The first kappa shape index (κ1) is 16.9. The van der Waals surface area contributed by atoms with Gasteiger partial charge >= 0.3 is 5.97 Å². The first-order valence-corrected chi connectivity index (χ1v) is 8.80. The van der Waals surface area contributed by atoms with Crippen molar-refractivity contribution in [2.45, 2.75) is 51.9 Å². The molecule has 6 heteroatoms. The fourth-order valence-electron chi connectivity index (χ4n) is 2.76. The first-order chi connectivity index (χ1) is 10.5. The zero-order valence-electron chi connectivity index (χ0n) is 13.2. The molecule has 1 aromatic rings. The van der Waals surface area contributed by atoms with Gasteiger partial charge in [0, 0.05) is 30.2 Å². The van der Waals surface area contributed by atoms with Gasteiger partial charge in [-0.3, -0.25) is 9.59 Å². The van der Waals surface area contributed by atoms with Gasteiger partial charge in [0.2, 0.25) is 5.91 Å². The van der Waals surface area contributed by atoms with E-state index < -0.39 is 5.97 Å². The minimum Gasteiger partial charge on any atom is -0.481 e. The van der Waals surface area contributed by atoms with Gasteiger partial charge in [-0.15, -0.1) is 11.3 Å². The Balaban J connectivity index is 1.70. The number of nitrogens with zero attached hydrogens (tertiary/aromatic N) is 1. The Labute approximate surface area is 135 Å². The summed E-state index contributed by atoms with van der Waals surface area (Å²) >= 11 is 1.67. The third kappa shape index (κ3) is 4.53. The third-order valence-corrected chi connectivity index (χ3v) is 5.39. The van der Waals surface area contributed by atoms with E-state index in [0.717, 1.165) is 17.1 Å². The van der Waals surface area contributed by atoms with Crippen LogP contribution >= 0.6 is 11.3 Å². The summed E-state index contributed by atoms with van der Waals surface area (Å²) in [6.45, 7) is 4.84. The lowest BCUT2D eigenvalue weighted by Crippen LogP contribution is -2.35. The van der Waals surface area contributed by atoms with Gasteiger partial charge in [0.05, 0.1) is 16.6 Å². The minimum absolute atomic E-state index is 0.0303. The molecular weight excluding hydrogens is 300 g/mol. The number of thiazole rings is 1. The quantitative estimate of drug-likeness (QED) is 0.843. The van der Waals surface area contributed by atoms with Crippen molar-refractivity contribution in [2.75, 3.05) is 6.54 Å². The Hall–Kier alpha value is -1.43. The van der Waals surface area contributed by atoms with Crippen LogP contribution in [0.5, 0.6) is 0 Å². The molecule has 0 spiro atoms. The zero-order valence-corrected chi connectivity index (χ0v) is 14.0. The number of aromatic nitrogens is 1. The number of nitrogens with one attached hydrogen (secondary N) is 1. The Morgan fingerprint density at radius 2 is 1.95 bits per heavy atom. The summed E-state index contributed by atoms with van der Waals surface area (Å²) in [5.41, 5.74) is 1.03. The highest BCUT2D eigenvalue weighted by Gasteiger charge is 2.29. The SMILES string of the molecule is CC(C)c1nc(CCNC(=O)C2CCC(C(=O)O)CC2)cs1. The van der Waals surface area contributed by atoms with E-state index in [2.05, 4.69) is 29.5 Å². The fourth-order valence-corrected chi connectivity index (χ4v) is 3.63. The van der Waals surface area contributed by atoms with Crippen LogP contribution in [0.15, 0.2) is 5.38 Å². The van der Waals surface area contributed by atoms with Crippen molar-refractivity contribution in [3.05, 3.63) is 16.1 Å². The van der Waals surface area contributed by atoms with Crippen molar-refractivity contribution in [1.29, 1.82) is 0 Å². The summed E-state index contributed by atoms with van der Waals surface area (Å²) in [6.07, 6.45) is 3.32. The largest absolute Gasteiger partial charge is 0.481 e. The van der Waals surface area contributed by atoms with E-state index in [9.17, 15) is 9.59 Å². The molecule has 2 N–H and O–H groups in total. The van der Waals surface area contributed by atoms with Crippen LogP contribution in [-0.2, 0) is 16.0 Å². The lowest BCUT2D eigenvalue weighted by Gasteiger charge is -2.25. The monoisotopic (exact) mass is 324 g/mol. The normalized spacial score (nSPS) is 21.8. The van der Waals surface area contributed by atoms with E-state index in [1.54, 1.807) is 11.3 Å². The molecule has 0 aliphatic heterocycles. The van der Waals surface area contributed by atoms with Crippen LogP contribution in [0.2, 0.25) is 0 Å². The van der Waals surface area contributed by atoms with E-state index in [0.29, 0.717) is 38.1 Å². The molecule has 0 unspecified atom stereocenters. The van der Waals surface area contributed by atoms with Crippen LogP contribution in [0.4, 0.5) is 0 Å². The predicted molar refractivity (Wildman–Crippen MR) is 86.0 cm³/mol. The number of hydrogen-bond donors (Lipinski definition) is 2. The number of aliphatic carboxylic acids is 1. The average Bonchev–Trinajstić information content (AvgIpc) is 2.96. The molecule has 0 aromatic carbocycles. The van der Waals surface area contributed by atoms with E-state index in [4.69, 9.17) is 5.11 Å². The summed E-state index contributed by atoms with van der Waals surface area (Å²) in [7, 11) is 0. The molecule has 0 saturated heterocycles. The predicted octanol–water partition coefficient (Wildman–Crippen LogP) is 2.82. The number of carbonyl (C=O) groups excluding carboxylic acids is 1. The molecule has 0 atom stereocenters. The number of carbonyl (C=O) groups is 2. The van der Waals surface area contributed by atoms with Gasteiger partial charge < -0.3 is 10.4 Å². The Bertz CT molecular complexity index is 519. The number of amides is 1. The van der Waals surface area contributed by atoms with Crippen LogP contribution in [0.1, 0.15) is 56.2 Å². The number of rotatable bonds is 6. The van der Waals surface area contributed by atoms with Crippen molar-refractivity contribution in [2.24, 2.45) is 11.8 Å². The number of hydrogen-bond acceptors (Lipinski definition) is 4. The third-order valence-electron chi connectivity index (χ3n) is 4.19. The average molecular weight is 324 g/mol. The number of carboxylic acids is 1. The molecule has 5 nitrogen and oxygen atoms in total. The Kier molecular flexibility index (Phi) is 5.94. The highest BCUT2D eigenvalue weighted by atomic mass is 32.1. The molecule has 1 fully saturated rings. The lowest BCUT2D eigenvalue weighted by atomic mass is 9.81. The maximum atomic E-state index is 12.1. The summed E-state index contributed by atoms with van der Waals surface area (Å²) in [4.78, 5) is 27.6. The van der Waals surface area contributed by atoms with Crippen molar-refractivity contribution < 1.29 is 14.7 Å². The first-order valence-electron chi connectivity index (χ1n) is 7.92. The highest BCUT2D eigenvalue weighted by molar-refractivity contribution is 7.09. The van der Waals surface area contributed by atoms with Crippen LogP contribution in [0.25, 0.3) is 0 Å². The Morgan fingerprint density at radius 3 is 2.50 bits per heavy atom. The van der Waals surface area contributed by atoms with Crippen molar-refractivity contribution in [1.82, 2.24) is 10.3 Å². The second kappa shape index (κ2) is 7.72. The maximum Gasteiger partial charge on any atom is 0.306 e. The van der Waals surface area contributed by atoms with Crippen molar-refractivity contribution >= 4 is 23.2 Å². The van der Waals surface area contributed by atoms with Crippen molar-refractivity contribution in [3.63, 3.8) is 0 Å². The highest BCUT2D eigenvalue weighted by Crippen LogP contribution is 2.29. The fraction of sp³-hybridized carbons (Fsp3) is 0.688.